The fraction of sp³-hybridized carbons (Fsp3) is 0. The summed E-state index contributed by atoms with van der Waals surface area (Å²) in [6.07, 6.45) is 3.69. The van der Waals surface area contributed by atoms with Crippen molar-refractivity contribution in [2.45, 2.75) is 0 Å². The zero-order valence-corrected chi connectivity index (χ0v) is 31.0. The number of fused-ring (bicyclic) bond motifs is 14. The summed E-state index contributed by atoms with van der Waals surface area (Å²) < 4.78 is 13.5. The van der Waals surface area contributed by atoms with Gasteiger partial charge < -0.3 is 18.1 Å². The molecule has 7 aromatic carbocycles. The second kappa shape index (κ2) is 11.8. The molecule has 0 atom stereocenters. The normalized spacial score (nSPS) is 12.1. The van der Waals surface area contributed by atoms with Crippen LogP contribution in [0.2, 0.25) is 0 Å². The second-order valence-electron chi connectivity index (χ2n) is 15.0. The lowest BCUT2D eigenvalue weighted by Crippen LogP contribution is -1.96. The molecule has 6 heterocycles. The van der Waals surface area contributed by atoms with Crippen molar-refractivity contribution in [3.8, 4) is 28.3 Å². The van der Waals surface area contributed by atoms with Crippen LogP contribution in [-0.2, 0) is 0 Å². The number of hydrogen-bond donors (Lipinski definition) is 0. The van der Waals surface area contributed by atoms with Crippen LogP contribution in [-0.4, -0.2) is 23.7 Å². The summed E-state index contributed by atoms with van der Waals surface area (Å²) in [4.78, 5) is 9.38. The van der Waals surface area contributed by atoms with E-state index in [1.165, 1.54) is 43.4 Å². The monoisotopic (exact) mass is 741 g/mol. The molecule has 6 heteroatoms. The Morgan fingerprint density at radius 3 is 1.71 bits per heavy atom. The lowest BCUT2D eigenvalue weighted by atomic mass is 10.1. The van der Waals surface area contributed by atoms with E-state index < -0.39 is 0 Å². The highest BCUT2D eigenvalue weighted by Crippen LogP contribution is 2.46. The number of hydrogen-bond acceptors (Lipinski definition) is 3. The summed E-state index contributed by atoms with van der Waals surface area (Å²) >= 11 is 0. The maximum atomic E-state index is 6.20. The molecular weight excluding hydrogens is 711 g/mol. The maximum absolute atomic E-state index is 6.20. The number of nitrogens with zero attached hydrogens (tertiary/aromatic N) is 5. The van der Waals surface area contributed by atoms with Gasteiger partial charge in [-0.3, -0.25) is 9.97 Å². The van der Waals surface area contributed by atoms with Gasteiger partial charge in [0.15, 0.2) is 5.58 Å². The van der Waals surface area contributed by atoms with Crippen LogP contribution in [0.3, 0.4) is 0 Å². The first kappa shape index (κ1) is 31.3. The van der Waals surface area contributed by atoms with Gasteiger partial charge in [0, 0.05) is 72.7 Å². The highest BCUT2D eigenvalue weighted by atomic mass is 16.3. The molecular formula is C52H31N5O. The smallest absolute Gasteiger partial charge is 0.153 e. The largest absolute Gasteiger partial charge is 0.454 e. The number of aromatic nitrogens is 5. The third kappa shape index (κ3) is 4.26. The van der Waals surface area contributed by atoms with Crippen LogP contribution in [0, 0.1) is 0 Å². The van der Waals surface area contributed by atoms with Crippen molar-refractivity contribution in [1.82, 2.24) is 23.7 Å². The van der Waals surface area contributed by atoms with Crippen LogP contribution < -0.4 is 0 Å². The van der Waals surface area contributed by atoms with Crippen LogP contribution in [0.4, 0.5) is 0 Å². The number of furan rings is 1. The predicted molar refractivity (Wildman–Crippen MR) is 238 cm³/mol. The summed E-state index contributed by atoms with van der Waals surface area (Å²) in [7, 11) is 0. The molecule has 270 valence electrons. The number of pyridine rings is 2. The molecule has 0 unspecified atom stereocenters. The molecule has 13 rings (SSSR count). The van der Waals surface area contributed by atoms with E-state index >= 15 is 0 Å². The van der Waals surface area contributed by atoms with Gasteiger partial charge in [0.25, 0.3) is 0 Å². The minimum Gasteiger partial charge on any atom is -0.454 e. The molecule has 0 N–H and O–H groups in total. The topological polar surface area (TPSA) is 53.7 Å². The van der Waals surface area contributed by atoms with E-state index in [1.807, 2.05) is 36.7 Å². The minimum absolute atomic E-state index is 0.791. The second-order valence-corrected chi connectivity index (χ2v) is 15.0. The van der Waals surface area contributed by atoms with Gasteiger partial charge in [-0.1, -0.05) is 84.9 Å². The van der Waals surface area contributed by atoms with Gasteiger partial charge in [-0.2, -0.15) is 0 Å². The zero-order chi connectivity index (χ0) is 37.9. The first-order chi connectivity index (χ1) is 28.8. The van der Waals surface area contributed by atoms with Crippen LogP contribution >= 0.6 is 0 Å². The van der Waals surface area contributed by atoms with E-state index in [0.717, 1.165) is 72.5 Å². The highest BCUT2D eigenvalue weighted by molar-refractivity contribution is 6.31. The van der Waals surface area contributed by atoms with Crippen molar-refractivity contribution < 1.29 is 4.42 Å². The molecule has 0 radical (unpaired) electrons. The number of benzene rings is 7. The number of para-hydroxylation sites is 3. The molecule has 0 aliphatic rings. The SMILES string of the molecule is c1ccc(-n2c3c(ccc4c3c3ccccc3n4-c3cccc(-c4ccccn4)c3)c3ccc4c(c5ccccc5n4-c4ccc5oc6cccnc6c5c4)c32)cc1. The molecule has 0 saturated carbocycles. The average Bonchev–Trinajstić information content (AvgIpc) is 4.03. The molecule has 6 aromatic heterocycles. The van der Waals surface area contributed by atoms with Crippen LogP contribution in [0.5, 0.6) is 0 Å². The van der Waals surface area contributed by atoms with E-state index in [2.05, 4.69) is 170 Å². The summed E-state index contributed by atoms with van der Waals surface area (Å²) in [6.45, 7) is 0. The zero-order valence-electron chi connectivity index (χ0n) is 31.0. The van der Waals surface area contributed by atoms with Crippen molar-refractivity contribution in [3.05, 3.63) is 188 Å². The molecule has 0 fully saturated rings. The lowest BCUT2D eigenvalue weighted by molar-refractivity contribution is 0.668. The first-order valence-corrected chi connectivity index (χ1v) is 19.6. The van der Waals surface area contributed by atoms with Gasteiger partial charge in [0.1, 0.15) is 11.1 Å². The predicted octanol–water partition coefficient (Wildman–Crippen LogP) is 13.3. The average molecular weight is 742 g/mol. The van der Waals surface area contributed by atoms with Gasteiger partial charge >= 0.3 is 0 Å². The first-order valence-electron chi connectivity index (χ1n) is 19.6. The fourth-order valence-corrected chi connectivity index (χ4v) is 9.55. The van der Waals surface area contributed by atoms with Crippen molar-refractivity contribution >= 4 is 87.5 Å². The van der Waals surface area contributed by atoms with Crippen LogP contribution in [0.25, 0.3) is 116 Å². The summed E-state index contributed by atoms with van der Waals surface area (Å²) in [5.41, 5.74) is 14.8. The van der Waals surface area contributed by atoms with E-state index in [0.29, 0.717) is 0 Å². The van der Waals surface area contributed by atoms with Crippen molar-refractivity contribution in [2.75, 3.05) is 0 Å². The Hall–Kier alpha value is -7.96. The van der Waals surface area contributed by atoms with E-state index in [4.69, 9.17) is 9.40 Å². The Balaban J connectivity index is 1.17. The van der Waals surface area contributed by atoms with Crippen molar-refractivity contribution in [3.63, 3.8) is 0 Å². The van der Waals surface area contributed by atoms with Gasteiger partial charge in [-0.15, -0.1) is 0 Å². The Kier molecular flexibility index (Phi) is 6.35. The van der Waals surface area contributed by atoms with E-state index in [9.17, 15) is 0 Å². The summed E-state index contributed by atoms with van der Waals surface area (Å²) in [6, 6.07) is 62.9. The molecule has 0 spiro atoms. The molecule has 0 bridgehead atoms. The van der Waals surface area contributed by atoms with Gasteiger partial charge in [0.05, 0.1) is 38.8 Å². The standard InChI is InChI=1S/C52H31N5O/c1-2-13-33(14-3-1)57-51-36(23-25-44-48(51)38-16-4-6-19-42(38)55(44)34-15-10-12-32(30-34)41-18-8-9-28-53-41)37-24-26-45-49(52(37)57)39-17-5-7-20-43(39)56(45)35-22-27-46-40(31-35)50-47(58-46)21-11-29-54-50/h1-31H. The van der Waals surface area contributed by atoms with E-state index in [-0.39, 0.29) is 0 Å². The molecule has 0 amide bonds. The molecule has 0 aliphatic carbocycles. The molecule has 58 heavy (non-hydrogen) atoms. The Morgan fingerprint density at radius 2 is 1.00 bits per heavy atom. The highest BCUT2D eigenvalue weighted by Gasteiger charge is 2.25. The van der Waals surface area contributed by atoms with Crippen LogP contribution in [0.1, 0.15) is 0 Å². The van der Waals surface area contributed by atoms with Gasteiger partial charge in [-0.25, -0.2) is 0 Å². The third-order valence-corrected chi connectivity index (χ3v) is 11.9. The maximum Gasteiger partial charge on any atom is 0.153 e. The Morgan fingerprint density at radius 1 is 0.362 bits per heavy atom. The van der Waals surface area contributed by atoms with Crippen molar-refractivity contribution in [1.29, 1.82) is 0 Å². The quantitative estimate of drug-likeness (QED) is 0.180. The Bertz CT molecular complexity index is 3790. The summed E-state index contributed by atoms with van der Waals surface area (Å²) in [5.74, 6) is 0. The van der Waals surface area contributed by atoms with E-state index in [1.54, 1.807) is 0 Å². The Labute approximate surface area is 331 Å². The molecule has 0 aliphatic heterocycles. The van der Waals surface area contributed by atoms with Gasteiger partial charge in [-0.05, 0) is 91.0 Å². The third-order valence-electron chi connectivity index (χ3n) is 11.9. The molecule has 13 aromatic rings. The summed E-state index contributed by atoms with van der Waals surface area (Å²) in [5, 5.41) is 8.27. The lowest BCUT2D eigenvalue weighted by Gasteiger charge is -2.11. The van der Waals surface area contributed by atoms with Gasteiger partial charge in [0.2, 0.25) is 0 Å². The molecule has 6 nitrogen and oxygen atoms in total. The minimum atomic E-state index is 0.791. The number of rotatable bonds is 4. The van der Waals surface area contributed by atoms with Crippen LogP contribution in [0.15, 0.2) is 193 Å². The van der Waals surface area contributed by atoms with Crippen molar-refractivity contribution in [2.24, 2.45) is 0 Å². The molecule has 0 saturated heterocycles. The fourth-order valence-electron chi connectivity index (χ4n) is 9.55.